The molecule has 0 aromatic heterocycles. The molecule has 4 nitrogen and oxygen atoms in total. The van der Waals surface area contributed by atoms with Gasteiger partial charge in [-0.1, -0.05) is 29.7 Å². The summed E-state index contributed by atoms with van der Waals surface area (Å²) in [6.45, 7) is 1.36. The first-order chi connectivity index (χ1) is 11.8. The summed E-state index contributed by atoms with van der Waals surface area (Å²) in [4.78, 5) is 0. The number of hydrogen-bond acceptors (Lipinski definition) is 4. The van der Waals surface area contributed by atoms with E-state index in [2.05, 4.69) is 29.0 Å². The summed E-state index contributed by atoms with van der Waals surface area (Å²) in [6.07, 6.45) is 20.7. The first kappa shape index (κ1) is 19.0. The van der Waals surface area contributed by atoms with Crippen LogP contribution in [0.5, 0.6) is 11.5 Å². The van der Waals surface area contributed by atoms with Crippen molar-refractivity contribution in [3.63, 3.8) is 0 Å². The van der Waals surface area contributed by atoms with Crippen LogP contribution in [0.3, 0.4) is 0 Å². The molecule has 0 saturated heterocycles. The molecule has 0 aliphatic rings. The smallest absolute Gasteiger partial charge is 0.163 e. The van der Waals surface area contributed by atoms with E-state index in [1.54, 1.807) is 12.1 Å². The molecule has 1 rings (SSSR count). The molecule has 1 unspecified atom stereocenters. The summed E-state index contributed by atoms with van der Waals surface area (Å²) >= 11 is 0. The molecule has 0 saturated carbocycles. The van der Waals surface area contributed by atoms with Crippen LogP contribution in [0.15, 0.2) is 18.2 Å². The highest BCUT2D eigenvalue weighted by molar-refractivity contribution is 5.44. The van der Waals surface area contributed by atoms with Crippen molar-refractivity contribution in [2.45, 2.75) is 6.10 Å². The molecule has 1 N–H and O–H groups in total. The Bertz CT molecular complexity index is 683. The quantitative estimate of drug-likeness (QED) is 0.525. The van der Waals surface area contributed by atoms with Crippen LogP contribution >= 0.6 is 0 Å². The van der Waals surface area contributed by atoms with Crippen LogP contribution in [0.4, 0.5) is 0 Å². The monoisotopic (exact) mass is 321 g/mol. The number of terminal acetylenes is 4. The van der Waals surface area contributed by atoms with Crippen molar-refractivity contribution in [1.29, 1.82) is 0 Å². The highest BCUT2D eigenvalue weighted by atomic mass is 16.5. The molecular formula is C20H19NO3. The first-order valence-electron chi connectivity index (χ1n) is 7.22. The number of hydrogen-bond donors (Lipinski definition) is 1. The third kappa shape index (κ3) is 6.39. The van der Waals surface area contributed by atoms with Crippen LogP contribution < -0.4 is 14.8 Å². The van der Waals surface area contributed by atoms with Crippen LogP contribution in [0.25, 0.3) is 0 Å². The highest BCUT2D eigenvalue weighted by Crippen LogP contribution is 2.31. The van der Waals surface area contributed by atoms with Crippen molar-refractivity contribution >= 4 is 0 Å². The van der Waals surface area contributed by atoms with Crippen molar-refractivity contribution in [2.75, 3.05) is 32.9 Å². The molecule has 1 atom stereocenters. The van der Waals surface area contributed by atoms with Gasteiger partial charge in [0.25, 0.3) is 0 Å². The van der Waals surface area contributed by atoms with Crippen LogP contribution in [-0.4, -0.2) is 32.9 Å². The Morgan fingerprint density at radius 1 is 0.875 bits per heavy atom. The number of benzene rings is 1. The number of rotatable bonds is 10. The fourth-order valence-electron chi connectivity index (χ4n) is 1.89. The van der Waals surface area contributed by atoms with Crippen molar-refractivity contribution in [1.82, 2.24) is 5.32 Å². The van der Waals surface area contributed by atoms with Gasteiger partial charge in [-0.3, -0.25) is 0 Å². The van der Waals surface area contributed by atoms with Crippen molar-refractivity contribution in [3.05, 3.63) is 23.8 Å². The van der Waals surface area contributed by atoms with Crippen LogP contribution in [0, 0.1) is 49.4 Å². The van der Waals surface area contributed by atoms with Gasteiger partial charge in [-0.2, -0.15) is 0 Å². The lowest BCUT2D eigenvalue weighted by Crippen LogP contribution is -2.24. The van der Waals surface area contributed by atoms with E-state index in [-0.39, 0.29) is 25.9 Å². The zero-order valence-corrected chi connectivity index (χ0v) is 13.4. The minimum atomic E-state index is -0.288. The van der Waals surface area contributed by atoms with Crippen LogP contribution in [0.1, 0.15) is 11.7 Å². The normalized spacial score (nSPS) is 10.5. The van der Waals surface area contributed by atoms with E-state index < -0.39 is 0 Å². The van der Waals surface area contributed by atoms with E-state index in [1.165, 1.54) is 0 Å². The Kier molecular flexibility index (Phi) is 9.14. The maximum Gasteiger partial charge on any atom is 0.163 e. The Balaban J connectivity index is 3.00. The van der Waals surface area contributed by atoms with Gasteiger partial charge in [0, 0.05) is 6.54 Å². The lowest BCUT2D eigenvalue weighted by Gasteiger charge is -2.19. The standard InChI is InChI=1S/C20H19NO3/c1-5-11-21-16-20(24-14-8-4)17-9-10-18(22-12-6-2)19(15-17)23-13-7-3/h1-4,9-10,15,20-21H,11-14,16H2. The molecule has 0 fully saturated rings. The number of nitrogens with one attached hydrogen (secondary N) is 1. The van der Waals surface area contributed by atoms with Gasteiger partial charge in [-0.15, -0.1) is 25.7 Å². The van der Waals surface area contributed by atoms with Crippen molar-refractivity contribution in [3.8, 4) is 60.9 Å². The molecule has 0 aliphatic carbocycles. The molecule has 24 heavy (non-hydrogen) atoms. The predicted molar refractivity (Wildman–Crippen MR) is 94.3 cm³/mol. The van der Waals surface area contributed by atoms with E-state index in [9.17, 15) is 0 Å². The van der Waals surface area contributed by atoms with Crippen LogP contribution in [0.2, 0.25) is 0 Å². The SMILES string of the molecule is C#CCNCC(OCC#C)c1ccc(OCC#C)c(OCC#C)c1. The minimum absolute atomic E-state index is 0.112. The maximum atomic E-state index is 5.67. The third-order valence-electron chi connectivity index (χ3n) is 2.89. The second kappa shape index (κ2) is 11.5. The molecule has 0 heterocycles. The van der Waals surface area contributed by atoms with Crippen molar-refractivity contribution in [2.24, 2.45) is 0 Å². The zero-order valence-electron chi connectivity index (χ0n) is 13.4. The molecule has 0 bridgehead atoms. The number of ether oxygens (including phenoxy) is 3. The van der Waals surface area contributed by atoms with Gasteiger partial charge in [-0.05, 0) is 17.7 Å². The maximum absolute atomic E-state index is 5.67. The van der Waals surface area contributed by atoms with Gasteiger partial charge >= 0.3 is 0 Å². The Morgan fingerprint density at radius 2 is 1.54 bits per heavy atom. The van der Waals surface area contributed by atoms with E-state index in [4.69, 9.17) is 39.9 Å². The van der Waals surface area contributed by atoms with Gasteiger partial charge in [0.15, 0.2) is 11.5 Å². The van der Waals surface area contributed by atoms with Gasteiger partial charge in [0.1, 0.15) is 19.8 Å². The zero-order chi connectivity index (χ0) is 17.6. The molecule has 1 aromatic rings. The Hall–Kier alpha value is -3.02. The summed E-state index contributed by atoms with van der Waals surface area (Å²) in [7, 11) is 0. The Labute approximate surface area is 143 Å². The molecule has 4 heteroatoms. The largest absolute Gasteiger partial charge is 0.477 e. The van der Waals surface area contributed by atoms with Gasteiger partial charge in [0.2, 0.25) is 0 Å². The fraction of sp³-hybridized carbons (Fsp3) is 0.300. The molecule has 1 aromatic carbocycles. The average molecular weight is 321 g/mol. The summed E-state index contributed by atoms with van der Waals surface area (Å²) < 4.78 is 16.6. The molecule has 122 valence electrons. The molecule has 0 spiro atoms. The predicted octanol–water partition coefficient (Wildman–Crippen LogP) is 1.62. The lowest BCUT2D eigenvalue weighted by atomic mass is 10.1. The summed E-state index contributed by atoms with van der Waals surface area (Å²) in [5.74, 6) is 10.8. The Morgan fingerprint density at radius 3 is 2.17 bits per heavy atom. The summed E-state index contributed by atoms with van der Waals surface area (Å²) in [6, 6.07) is 5.40. The second-order valence-corrected chi connectivity index (χ2v) is 4.53. The molecule has 0 amide bonds. The lowest BCUT2D eigenvalue weighted by molar-refractivity contribution is 0.0781. The van der Waals surface area contributed by atoms with Gasteiger partial charge in [-0.25, -0.2) is 0 Å². The third-order valence-corrected chi connectivity index (χ3v) is 2.89. The molecule has 0 aliphatic heterocycles. The summed E-state index contributed by atoms with van der Waals surface area (Å²) in [5.41, 5.74) is 0.856. The first-order valence-corrected chi connectivity index (χ1v) is 7.22. The van der Waals surface area contributed by atoms with Crippen molar-refractivity contribution < 1.29 is 14.2 Å². The average Bonchev–Trinajstić information content (AvgIpc) is 2.61. The van der Waals surface area contributed by atoms with E-state index in [0.717, 1.165) is 5.56 Å². The van der Waals surface area contributed by atoms with Gasteiger partial charge < -0.3 is 19.5 Å². The second-order valence-electron chi connectivity index (χ2n) is 4.53. The van der Waals surface area contributed by atoms with E-state index in [0.29, 0.717) is 24.6 Å². The minimum Gasteiger partial charge on any atom is -0.477 e. The fourth-order valence-corrected chi connectivity index (χ4v) is 1.89. The van der Waals surface area contributed by atoms with Crippen LogP contribution in [-0.2, 0) is 4.74 Å². The van der Waals surface area contributed by atoms with E-state index in [1.807, 2.05) is 6.07 Å². The summed E-state index contributed by atoms with van der Waals surface area (Å²) in [5, 5.41) is 3.09. The molecular weight excluding hydrogens is 302 g/mol. The topological polar surface area (TPSA) is 39.7 Å². The highest BCUT2D eigenvalue weighted by Gasteiger charge is 2.15. The molecule has 0 radical (unpaired) electrons. The van der Waals surface area contributed by atoms with E-state index >= 15 is 0 Å². The van der Waals surface area contributed by atoms with Gasteiger partial charge in [0.05, 0.1) is 12.6 Å².